The number of nitrogens with zero attached hydrogens (tertiary/aromatic N) is 3. The molecule has 0 unspecified atom stereocenters. The van der Waals surface area contributed by atoms with E-state index in [0.717, 1.165) is 21.8 Å². The van der Waals surface area contributed by atoms with Crippen LogP contribution in [0, 0.1) is 10.1 Å². The van der Waals surface area contributed by atoms with Crippen molar-refractivity contribution in [3.05, 3.63) is 57.0 Å². The van der Waals surface area contributed by atoms with Crippen LogP contribution < -0.4 is 27.8 Å². The number of guanidine groups is 1. The van der Waals surface area contributed by atoms with Crippen molar-refractivity contribution in [1.82, 2.24) is 15.5 Å². The topological polar surface area (TPSA) is 232 Å². The average Bonchev–Trinajstić information content (AvgIpc) is 3.40. The van der Waals surface area contributed by atoms with E-state index < -0.39 is 28.8 Å². The largest absolute Gasteiger partial charge is 0.508 e. The summed E-state index contributed by atoms with van der Waals surface area (Å²) in [5.74, 6) is -1.46. The summed E-state index contributed by atoms with van der Waals surface area (Å²) < 4.78 is 0. The van der Waals surface area contributed by atoms with E-state index >= 15 is 0 Å². The van der Waals surface area contributed by atoms with Gasteiger partial charge in [0, 0.05) is 30.6 Å². The van der Waals surface area contributed by atoms with Crippen LogP contribution in [0.4, 0.5) is 5.00 Å². The highest BCUT2D eigenvalue weighted by atomic mass is 32.1. The average molecular weight is 577 g/mol. The predicted octanol–water partition coefficient (Wildman–Crippen LogP) is -0.0225. The van der Waals surface area contributed by atoms with E-state index in [1.54, 1.807) is 25.1 Å². The van der Waals surface area contributed by atoms with Crippen LogP contribution in [0.25, 0.3) is 0 Å². The van der Waals surface area contributed by atoms with Gasteiger partial charge in [-0.1, -0.05) is 23.5 Å². The third-order valence-electron chi connectivity index (χ3n) is 5.91. The van der Waals surface area contributed by atoms with E-state index in [1.165, 1.54) is 23.1 Å². The van der Waals surface area contributed by atoms with Crippen LogP contribution in [-0.2, 0) is 27.2 Å². The minimum absolute atomic E-state index is 0.0346. The number of hydrogen-bond donors (Lipinski definition) is 6. The van der Waals surface area contributed by atoms with Gasteiger partial charge >= 0.3 is 5.00 Å². The lowest BCUT2D eigenvalue weighted by molar-refractivity contribution is -0.380. The first-order chi connectivity index (χ1) is 19.0. The summed E-state index contributed by atoms with van der Waals surface area (Å²) in [6.07, 6.45) is 1.20. The molecule has 2 aromatic rings. The van der Waals surface area contributed by atoms with Gasteiger partial charge in [0.2, 0.25) is 17.7 Å². The molecule has 2 atom stereocenters. The third-order valence-corrected chi connectivity index (χ3v) is 7.01. The van der Waals surface area contributed by atoms with Crippen LogP contribution in [0.1, 0.15) is 30.2 Å². The molecule has 3 amide bonds. The first kappa shape index (κ1) is 32.0. The van der Waals surface area contributed by atoms with Gasteiger partial charge in [0.25, 0.3) is 0 Å². The Labute approximate surface area is 235 Å². The zero-order valence-electron chi connectivity index (χ0n) is 22.2. The van der Waals surface area contributed by atoms with Crippen molar-refractivity contribution >= 4 is 40.0 Å². The number of nitrogens with one attached hydrogen (secondary N) is 2. The maximum absolute atomic E-state index is 13.0. The molecule has 15 heteroatoms. The number of hydrogen-bond acceptors (Lipinski definition) is 9. The number of nitro groups is 1. The molecule has 0 saturated carbocycles. The number of rotatable bonds is 16. The van der Waals surface area contributed by atoms with Gasteiger partial charge in [-0.05, 0) is 56.4 Å². The number of carbonyl (C=O) groups is 3. The molecule has 1 aromatic carbocycles. The summed E-state index contributed by atoms with van der Waals surface area (Å²) >= 11 is 1.05. The Kier molecular flexibility index (Phi) is 12.8. The summed E-state index contributed by atoms with van der Waals surface area (Å²) in [5.41, 5.74) is 17.5. The zero-order valence-corrected chi connectivity index (χ0v) is 23.1. The van der Waals surface area contributed by atoms with Crippen LogP contribution in [0.2, 0.25) is 0 Å². The zero-order chi connectivity index (χ0) is 29.7. The number of carbonyl (C=O) groups excluding carboxylic acids is 3. The quantitative estimate of drug-likeness (QED) is 0.0517. The van der Waals surface area contributed by atoms with Crippen LogP contribution >= 0.6 is 11.3 Å². The lowest BCUT2D eigenvalue weighted by Gasteiger charge is -2.23. The molecule has 14 nitrogen and oxygen atoms in total. The Balaban J connectivity index is 1.95. The molecule has 0 radical (unpaired) electrons. The van der Waals surface area contributed by atoms with Gasteiger partial charge in [-0.25, -0.2) is 0 Å². The first-order valence-electron chi connectivity index (χ1n) is 12.7. The maximum atomic E-state index is 13.0. The van der Waals surface area contributed by atoms with Gasteiger partial charge in [-0.15, -0.1) is 0 Å². The molecule has 40 heavy (non-hydrogen) atoms. The van der Waals surface area contributed by atoms with Gasteiger partial charge < -0.3 is 37.8 Å². The van der Waals surface area contributed by atoms with Crippen molar-refractivity contribution in [1.29, 1.82) is 0 Å². The molecule has 0 fully saturated rings. The second-order valence-corrected chi connectivity index (χ2v) is 10.1. The molecule has 0 aliphatic carbocycles. The molecule has 0 spiro atoms. The van der Waals surface area contributed by atoms with Crippen LogP contribution in [0.3, 0.4) is 0 Å². The Hall–Kier alpha value is -4.24. The van der Waals surface area contributed by atoms with Crippen LogP contribution in [-0.4, -0.2) is 76.9 Å². The summed E-state index contributed by atoms with van der Waals surface area (Å²) in [6.45, 7) is 2.45. The van der Waals surface area contributed by atoms with Crippen molar-refractivity contribution in [2.45, 2.75) is 44.7 Å². The summed E-state index contributed by atoms with van der Waals surface area (Å²) in [4.78, 5) is 55.1. The molecule has 0 bridgehead atoms. The number of benzene rings is 1. The molecule has 0 aliphatic rings. The van der Waals surface area contributed by atoms with Gasteiger partial charge in [0.1, 0.15) is 11.8 Å². The summed E-state index contributed by atoms with van der Waals surface area (Å²) in [7, 11) is 0. The number of nitrogens with two attached hydrogens (primary N) is 3. The highest BCUT2D eigenvalue weighted by molar-refractivity contribution is 7.15. The molecule has 2 rings (SSSR count). The molecule has 0 aliphatic heterocycles. The van der Waals surface area contributed by atoms with Gasteiger partial charge in [-0.2, -0.15) is 0 Å². The fraction of sp³-hybridized carbons (Fsp3) is 0.440. The van der Waals surface area contributed by atoms with E-state index in [1.807, 2.05) is 0 Å². The molecular weight excluding hydrogens is 540 g/mol. The SMILES string of the molecule is CCN(CCc1ccc([N+](=O)[O-])s1)C(=O)CNC(=O)[C@@H](CCCN=C(N)N)NC(=O)[C@@H](N)Cc1ccc(O)cc1. The van der Waals surface area contributed by atoms with Crippen molar-refractivity contribution in [2.24, 2.45) is 22.2 Å². The smallest absolute Gasteiger partial charge is 0.324 e. The molecule has 1 heterocycles. The van der Waals surface area contributed by atoms with E-state index in [2.05, 4.69) is 15.6 Å². The normalized spacial score (nSPS) is 12.2. The number of thiophene rings is 1. The fourth-order valence-corrected chi connectivity index (χ4v) is 4.54. The Morgan fingerprint density at radius 2 is 1.85 bits per heavy atom. The highest BCUT2D eigenvalue weighted by Crippen LogP contribution is 2.24. The highest BCUT2D eigenvalue weighted by Gasteiger charge is 2.25. The minimum Gasteiger partial charge on any atom is -0.508 e. The Bertz CT molecular complexity index is 1180. The number of phenolic OH excluding ortho intramolecular Hbond substituents is 1. The van der Waals surface area contributed by atoms with Crippen molar-refractivity contribution in [3.63, 3.8) is 0 Å². The molecule has 218 valence electrons. The number of likely N-dealkylation sites (N-methyl/N-ethyl adjacent to an activating group) is 1. The fourth-order valence-electron chi connectivity index (χ4n) is 3.73. The number of aromatic hydroxyl groups is 1. The second kappa shape index (κ2) is 16.0. The van der Waals surface area contributed by atoms with E-state index in [-0.39, 0.29) is 48.5 Å². The molecule has 9 N–H and O–H groups in total. The van der Waals surface area contributed by atoms with E-state index in [4.69, 9.17) is 17.2 Å². The Morgan fingerprint density at radius 3 is 2.45 bits per heavy atom. The van der Waals surface area contributed by atoms with Gasteiger partial charge in [-0.3, -0.25) is 29.5 Å². The number of amides is 3. The number of aliphatic imine (C=N–C) groups is 1. The molecule has 0 saturated heterocycles. The van der Waals surface area contributed by atoms with E-state index in [0.29, 0.717) is 25.9 Å². The van der Waals surface area contributed by atoms with Crippen molar-refractivity contribution in [3.8, 4) is 5.75 Å². The lowest BCUT2D eigenvalue weighted by Crippen LogP contribution is -2.53. The van der Waals surface area contributed by atoms with E-state index in [9.17, 15) is 29.6 Å². The van der Waals surface area contributed by atoms with Crippen molar-refractivity contribution in [2.75, 3.05) is 26.2 Å². The molecular formula is C25H36N8O6S. The van der Waals surface area contributed by atoms with Gasteiger partial charge in [0.15, 0.2) is 5.96 Å². The maximum Gasteiger partial charge on any atom is 0.324 e. The molecule has 1 aromatic heterocycles. The first-order valence-corrected chi connectivity index (χ1v) is 13.5. The Morgan fingerprint density at radius 1 is 1.15 bits per heavy atom. The standard InChI is InChI=1S/C25H36N8O6S/c1-2-32(13-11-18-9-10-22(40-18)33(38)39)21(35)15-30-24(37)20(4-3-12-29-25(27)28)31-23(36)19(26)14-16-5-7-17(34)8-6-16/h5-10,19-20,34H,2-4,11-15,26H2,1H3,(H,30,37)(H,31,36)(H4,27,28,29)/t19-,20+/m0/s1. The minimum atomic E-state index is -0.984. The van der Waals surface area contributed by atoms with Gasteiger partial charge in [0.05, 0.1) is 17.5 Å². The van der Waals surface area contributed by atoms with Crippen LogP contribution in [0.15, 0.2) is 41.4 Å². The predicted molar refractivity (Wildman–Crippen MR) is 152 cm³/mol. The van der Waals surface area contributed by atoms with Crippen molar-refractivity contribution < 1.29 is 24.4 Å². The summed E-state index contributed by atoms with van der Waals surface area (Å²) in [5, 5.41) is 25.6. The summed E-state index contributed by atoms with van der Waals surface area (Å²) in [6, 6.07) is 7.41. The lowest BCUT2D eigenvalue weighted by atomic mass is 10.0. The second-order valence-electron chi connectivity index (χ2n) is 8.93. The monoisotopic (exact) mass is 576 g/mol. The third kappa shape index (κ3) is 10.9. The van der Waals surface area contributed by atoms with Crippen LogP contribution in [0.5, 0.6) is 5.75 Å². The number of phenols is 1.